The molecule has 0 heterocycles. The summed E-state index contributed by atoms with van der Waals surface area (Å²) in [5.74, 6) is -0.727. The summed E-state index contributed by atoms with van der Waals surface area (Å²) in [6, 6.07) is 6.58. The fraction of sp³-hybridized carbons (Fsp3) is 0.385. The molecule has 0 fully saturated rings. The van der Waals surface area contributed by atoms with E-state index in [-0.39, 0.29) is 31.3 Å². The normalized spacial score (nSPS) is 11.9. The quantitative estimate of drug-likeness (QED) is 0.772. The second-order valence-corrected chi connectivity index (χ2v) is 4.49. The zero-order valence-electron chi connectivity index (χ0n) is 10.1. The maximum absolute atomic E-state index is 12.0. The standard InChI is InChI=1S/C13H16ClNO3/c1-9(8-12(17)15-6-7-16)13(18)10-2-4-11(14)5-3-10/h2-5,9,16H,6-8H2,1H3,(H,15,17). The molecule has 18 heavy (non-hydrogen) atoms. The van der Waals surface area contributed by atoms with Crippen molar-refractivity contribution in [2.24, 2.45) is 5.92 Å². The average Bonchev–Trinajstić information content (AvgIpc) is 2.36. The number of hydrogen-bond donors (Lipinski definition) is 2. The smallest absolute Gasteiger partial charge is 0.220 e. The molecule has 1 amide bonds. The highest BCUT2D eigenvalue weighted by Gasteiger charge is 2.18. The van der Waals surface area contributed by atoms with Gasteiger partial charge < -0.3 is 10.4 Å². The highest BCUT2D eigenvalue weighted by Crippen LogP contribution is 2.15. The van der Waals surface area contributed by atoms with E-state index >= 15 is 0 Å². The van der Waals surface area contributed by atoms with E-state index in [0.29, 0.717) is 10.6 Å². The number of benzene rings is 1. The third-order valence-corrected chi connectivity index (χ3v) is 2.75. The van der Waals surface area contributed by atoms with Crippen LogP contribution in [0.1, 0.15) is 23.7 Å². The summed E-state index contributed by atoms with van der Waals surface area (Å²) in [5.41, 5.74) is 0.543. The van der Waals surface area contributed by atoms with Gasteiger partial charge in [-0.3, -0.25) is 9.59 Å². The van der Waals surface area contributed by atoms with Gasteiger partial charge in [-0.25, -0.2) is 0 Å². The van der Waals surface area contributed by atoms with Crippen molar-refractivity contribution in [3.05, 3.63) is 34.9 Å². The monoisotopic (exact) mass is 269 g/mol. The fourth-order valence-corrected chi connectivity index (χ4v) is 1.66. The average molecular weight is 270 g/mol. The summed E-state index contributed by atoms with van der Waals surface area (Å²) in [6.45, 7) is 1.81. The third-order valence-electron chi connectivity index (χ3n) is 2.50. The van der Waals surface area contributed by atoms with Gasteiger partial charge >= 0.3 is 0 Å². The highest BCUT2D eigenvalue weighted by molar-refractivity contribution is 6.30. The van der Waals surface area contributed by atoms with Crippen molar-refractivity contribution < 1.29 is 14.7 Å². The van der Waals surface area contributed by atoms with E-state index in [1.165, 1.54) is 0 Å². The van der Waals surface area contributed by atoms with Gasteiger partial charge in [0.05, 0.1) is 6.61 Å². The molecule has 0 bridgehead atoms. The van der Waals surface area contributed by atoms with E-state index in [2.05, 4.69) is 5.32 Å². The number of ketones is 1. The Morgan fingerprint density at radius 1 is 1.33 bits per heavy atom. The minimum Gasteiger partial charge on any atom is -0.395 e. The molecule has 1 rings (SSSR count). The van der Waals surface area contributed by atoms with Crippen molar-refractivity contribution in [1.82, 2.24) is 5.32 Å². The zero-order chi connectivity index (χ0) is 13.5. The molecule has 0 saturated carbocycles. The largest absolute Gasteiger partial charge is 0.395 e. The number of carbonyl (C=O) groups is 2. The van der Waals surface area contributed by atoms with Crippen LogP contribution in [-0.4, -0.2) is 29.9 Å². The zero-order valence-corrected chi connectivity index (χ0v) is 10.9. The number of Topliss-reactive ketones (excluding diaryl/α,β-unsaturated/α-hetero) is 1. The topological polar surface area (TPSA) is 66.4 Å². The minimum atomic E-state index is -0.398. The summed E-state index contributed by atoms with van der Waals surface area (Å²) >= 11 is 5.74. The second kappa shape index (κ2) is 7.13. The molecule has 5 heteroatoms. The molecule has 0 saturated heterocycles. The number of rotatable bonds is 6. The predicted molar refractivity (Wildman–Crippen MR) is 69.7 cm³/mol. The minimum absolute atomic E-state index is 0.0918. The lowest BCUT2D eigenvalue weighted by Gasteiger charge is -2.10. The molecule has 4 nitrogen and oxygen atoms in total. The lowest BCUT2D eigenvalue weighted by Crippen LogP contribution is -2.29. The van der Waals surface area contributed by atoms with Crippen molar-refractivity contribution in [1.29, 1.82) is 0 Å². The molecule has 1 atom stereocenters. The predicted octanol–water partition coefficient (Wildman–Crippen LogP) is 1.66. The molecular formula is C13H16ClNO3. The molecule has 1 unspecified atom stereocenters. The molecule has 2 N–H and O–H groups in total. The van der Waals surface area contributed by atoms with Crippen LogP contribution in [0.3, 0.4) is 0 Å². The van der Waals surface area contributed by atoms with Crippen molar-refractivity contribution in [3.63, 3.8) is 0 Å². The Labute approximate surface area is 111 Å². The molecule has 0 aliphatic heterocycles. The van der Waals surface area contributed by atoms with Crippen LogP contribution in [0.4, 0.5) is 0 Å². The number of carbonyl (C=O) groups excluding carboxylic acids is 2. The Bertz CT molecular complexity index is 417. The van der Waals surface area contributed by atoms with E-state index in [1.54, 1.807) is 31.2 Å². The number of aliphatic hydroxyl groups excluding tert-OH is 1. The van der Waals surface area contributed by atoms with Crippen LogP contribution in [0.25, 0.3) is 0 Å². The lowest BCUT2D eigenvalue weighted by molar-refractivity contribution is -0.121. The summed E-state index contributed by atoms with van der Waals surface area (Å²) in [5, 5.41) is 11.7. The fourth-order valence-electron chi connectivity index (χ4n) is 1.54. The number of aliphatic hydroxyl groups is 1. The third kappa shape index (κ3) is 4.47. The van der Waals surface area contributed by atoms with Crippen LogP contribution in [-0.2, 0) is 4.79 Å². The summed E-state index contributed by atoms with van der Waals surface area (Å²) in [6.07, 6.45) is 0.113. The van der Waals surface area contributed by atoms with Crippen LogP contribution < -0.4 is 5.32 Å². The Hall–Kier alpha value is -1.39. The van der Waals surface area contributed by atoms with Gasteiger partial charge in [-0.1, -0.05) is 18.5 Å². The van der Waals surface area contributed by atoms with Crippen LogP contribution >= 0.6 is 11.6 Å². The van der Waals surface area contributed by atoms with Gasteiger partial charge in [-0.05, 0) is 24.3 Å². The van der Waals surface area contributed by atoms with E-state index in [4.69, 9.17) is 16.7 Å². The molecule has 0 aliphatic rings. The second-order valence-electron chi connectivity index (χ2n) is 4.05. The van der Waals surface area contributed by atoms with Crippen LogP contribution in [0, 0.1) is 5.92 Å². The number of hydrogen-bond acceptors (Lipinski definition) is 3. The van der Waals surface area contributed by atoms with E-state index in [9.17, 15) is 9.59 Å². The van der Waals surface area contributed by atoms with Gasteiger partial charge in [0, 0.05) is 29.5 Å². The SMILES string of the molecule is CC(CC(=O)NCCO)C(=O)c1ccc(Cl)cc1. The molecule has 0 spiro atoms. The number of halogens is 1. The highest BCUT2D eigenvalue weighted by atomic mass is 35.5. The van der Waals surface area contributed by atoms with Gasteiger partial charge in [-0.15, -0.1) is 0 Å². The van der Waals surface area contributed by atoms with Crippen molar-refractivity contribution in [3.8, 4) is 0 Å². The summed E-state index contributed by atoms with van der Waals surface area (Å²) < 4.78 is 0. The van der Waals surface area contributed by atoms with Gasteiger partial charge in [0.25, 0.3) is 0 Å². The Balaban J connectivity index is 2.56. The van der Waals surface area contributed by atoms with Crippen LogP contribution in [0.2, 0.25) is 5.02 Å². The Morgan fingerprint density at radius 2 is 1.94 bits per heavy atom. The Kier molecular flexibility index (Phi) is 5.82. The van der Waals surface area contributed by atoms with E-state index in [0.717, 1.165) is 0 Å². The molecule has 98 valence electrons. The lowest BCUT2D eigenvalue weighted by atomic mass is 9.96. The van der Waals surface area contributed by atoms with Crippen LogP contribution in [0.5, 0.6) is 0 Å². The van der Waals surface area contributed by atoms with Crippen molar-refractivity contribution >= 4 is 23.3 Å². The summed E-state index contributed by atoms with van der Waals surface area (Å²) in [4.78, 5) is 23.4. The first-order valence-corrected chi connectivity index (χ1v) is 6.09. The number of amides is 1. The number of nitrogens with one attached hydrogen (secondary N) is 1. The van der Waals surface area contributed by atoms with Gasteiger partial charge in [0.2, 0.25) is 5.91 Å². The molecule has 0 radical (unpaired) electrons. The molecule has 1 aromatic carbocycles. The van der Waals surface area contributed by atoms with E-state index in [1.807, 2.05) is 0 Å². The van der Waals surface area contributed by atoms with Gasteiger partial charge in [0.1, 0.15) is 0 Å². The summed E-state index contributed by atoms with van der Waals surface area (Å²) in [7, 11) is 0. The maximum Gasteiger partial charge on any atom is 0.220 e. The first-order valence-electron chi connectivity index (χ1n) is 5.72. The van der Waals surface area contributed by atoms with Crippen molar-refractivity contribution in [2.45, 2.75) is 13.3 Å². The maximum atomic E-state index is 12.0. The first kappa shape index (κ1) is 14.7. The molecule has 0 aliphatic carbocycles. The van der Waals surface area contributed by atoms with Gasteiger partial charge in [-0.2, -0.15) is 0 Å². The van der Waals surface area contributed by atoms with E-state index < -0.39 is 5.92 Å². The Morgan fingerprint density at radius 3 is 2.50 bits per heavy atom. The molecule has 1 aromatic rings. The molecular weight excluding hydrogens is 254 g/mol. The molecule has 0 aromatic heterocycles. The first-order chi connectivity index (χ1) is 8.54. The van der Waals surface area contributed by atoms with Crippen LogP contribution in [0.15, 0.2) is 24.3 Å². The van der Waals surface area contributed by atoms with Gasteiger partial charge in [0.15, 0.2) is 5.78 Å². The van der Waals surface area contributed by atoms with Crippen molar-refractivity contribution in [2.75, 3.05) is 13.2 Å².